The molecule has 9 heteroatoms. The van der Waals surface area contributed by atoms with Gasteiger partial charge >= 0.3 is 5.97 Å². The maximum atomic E-state index is 12.5. The number of methoxy groups -OCH3 is 2. The minimum absolute atomic E-state index is 0.0993. The Bertz CT molecular complexity index is 988. The van der Waals surface area contributed by atoms with E-state index in [2.05, 4.69) is 15.6 Å². The average molecular weight is 389 g/mol. The molecule has 1 unspecified atom stereocenters. The third-order valence-electron chi connectivity index (χ3n) is 3.97. The molecule has 0 fully saturated rings. The number of rotatable bonds is 6. The van der Waals surface area contributed by atoms with Crippen LogP contribution in [0.1, 0.15) is 11.6 Å². The van der Waals surface area contributed by atoms with Gasteiger partial charge in [0.15, 0.2) is 6.04 Å². The van der Waals surface area contributed by atoms with Crippen LogP contribution < -0.4 is 10.1 Å². The highest BCUT2D eigenvalue weighted by Crippen LogP contribution is 2.28. The van der Waals surface area contributed by atoms with Crippen molar-refractivity contribution in [3.8, 4) is 5.75 Å². The highest BCUT2D eigenvalue weighted by atomic mass is 35.5. The lowest BCUT2D eigenvalue weighted by Crippen LogP contribution is -2.36. The lowest BCUT2D eigenvalue weighted by Gasteiger charge is -2.18. The number of esters is 1. The molecule has 1 N–H and O–H groups in total. The number of para-hydroxylation sites is 1. The smallest absolute Gasteiger partial charge is 0.333 e. The van der Waals surface area contributed by atoms with Crippen LogP contribution in [0, 0.1) is 0 Å². The summed E-state index contributed by atoms with van der Waals surface area (Å²) >= 11 is 6.13. The highest BCUT2D eigenvalue weighted by Gasteiger charge is 2.25. The Morgan fingerprint density at radius 2 is 2.00 bits per heavy atom. The summed E-state index contributed by atoms with van der Waals surface area (Å²) in [5.74, 6) is -0.578. The number of benzene rings is 2. The van der Waals surface area contributed by atoms with E-state index in [1.165, 1.54) is 18.9 Å². The molecule has 2 aromatic carbocycles. The summed E-state index contributed by atoms with van der Waals surface area (Å²) in [6.45, 7) is -0.0993. The fourth-order valence-corrected chi connectivity index (χ4v) is 2.90. The summed E-state index contributed by atoms with van der Waals surface area (Å²) in [6.07, 6.45) is 0. The van der Waals surface area contributed by atoms with E-state index >= 15 is 0 Å². The highest BCUT2D eigenvalue weighted by molar-refractivity contribution is 6.32. The summed E-state index contributed by atoms with van der Waals surface area (Å²) in [5, 5.41) is 10.9. The zero-order valence-electron chi connectivity index (χ0n) is 14.7. The SMILES string of the molecule is COC(=O)C(NC(=O)Cn1nnc2ccccc21)c1ccc(OC)c(Cl)c1. The second-order valence-corrected chi connectivity index (χ2v) is 6.06. The van der Waals surface area contributed by atoms with Crippen molar-refractivity contribution in [3.63, 3.8) is 0 Å². The third kappa shape index (κ3) is 4.01. The van der Waals surface area contributed by atoms with Crippen LogP contribution in [0.2, 0.25) is 5.02 Å². The molecule has 0 aliphatic carbocycles. The number of carbonyl (C=O) groups is 2. The van der Waals surface area contributed by atoms with Crippen molar-refractivity contribution in [1.29, 1.82) is 0 Å². The number of hydrogen-bond acceptors (Lipinski definition) is 6. The van der Waals surface area contributed by atoms with E-state index in [1.807, 2.05) is 18.2 Å². The molecule has 0 spiro atoms. The van der Waals surface area contributed by atoms with E-state index in [0.29, 0.717) is 21.9 Å². The summed E-state index contributed by atoms with van der Waals surface area (Å²) in [6, 6.07) is 11.1. The maximum Gasteiger partial charge on any atom is 0.333 e. The Labute approximate surface area is 160 Å². The number of carbonyl (C=O) groups excluding carboxylic acids is 2. The van der Waals surface area contributed by atoms with Gasteiger partial charge < -0.3 is 14.8 Å². The molecule has 1 heterocycles. The molecule has 27 heavy (non-hydrogen) atoms. The van der Waals surface area contributed by atoms with Crippen LogP contribution in [0.4, 0.5) is 0 Å². The predicted octanol–water partition coefficient (Wildman–Crippen LogP) is 2.12. The van der Waals surface area contributed by atoms with Gasteiger partial charge in [-0.15, -0.1) is 5.10 Å². The van der Waals surface area contributed by atoms with Crippen LogP contribution in [0.15, 0.2) is 42.5 Å². The van der Waals surface area contributed by atoms with Crippen molar-refractivity contribution in [2.45, 2.75) is 12.6 Å². The van der Waals surface area contributed by atoms with Crippen LogP contribution in [0.5, 0.6) is 5.75 Å². The van der Waals surface area contributed by atoms with Crippen LogP contribution in [0.3, 0.4) is 0 Å². The molecular formula is C18H17ClN4O4. The first-order chi connectivity index (χ1) is 13.0. The second kappa shape index (κ2) is 8.05. The van der Waals surface area contributed by atoms with E-state index in [1.54, 1.807) is 24.3 Å². The van der Waals surface area contributed by atoms with E-state index in [-0.39, 0.29) is 6.54 Å². The summed E-state index contributed by atoms with van der Waals surface area (Å²) in [7, 11) is 2.74. The van der Waals surface area contributed by atoms with Gasteiger partial charge in [0.1, 0.15) is 17.8 Å². The molecule has 1 aromatic heterocycles. The maximum absolute atomic E-state index is 12.5. The third-order valence-corrected chi connectivity index (χ3v) is 4.26. The van der Waals surface area contributed by atoms with Crippen molar-refractivity contribution in [3.05, 3.63) is 53.1 Å². The Hall–Kier alpha value is -3.13. The normalized spacial score (nSPS) is 11.8. The summed E-state index contributed by atoms with van der Waals surface area (Å²) < 4.78 is 11.4. The first-order valence-electron chi connectivity index (χ1n) is 8.02. The van der Waals surface area contributed by atoms with Gasteiger partial charge in [-0.2, -0.15) is 0 Å². The van der Waals surface area contributed by atoms with Gasteiger partial charge in [0, 0.05) is 0 Å². The molecule has 1 amide bonds. The number of ether oxygens (including phenoxy) is 2. The monoisotopic (exact) mass is 388 g/mol. The van der Waals surface area contributed by atoms with Crippen molar-refractivity contribution < 1.29 is 19.1 Å². The van der Waals surface area contributed by atoms with Gasteiger partial charge in [0.05, 0.1) is 24.8 Å². The van der Waals surface area contributed by atoms with Crippen molar-refractivity contribution in [2.24, 2.45) is 0 Å². The molecule has 0 bridgehead atoms. The number of nitrogens with one attached hydrogen (secondary N) is 1. The van der Waals surface area contributed by atoms with Gasteiger partial charge in [-0.1, -0.05) is 35.0 Å². The number of aromatic nitrogens is 3. The fraction of sp³-hybridized carbons (Fsp3) is 0.222. The van der Waals surface area contributed by atoms with E-state index in [0.717, 1.165) is 5.52 Å². The van der Waals surface area contributed by atoms with Gasteiger partial charge in [-0.25, -0.2) is 9.48 Å². The van der Waals surface area contributed by atoms with E-state index < -0.39 is 17.9 Å². The fourth-order valence-electron chi connectivity index (χ4n) is 2.64. The van der Waals surface area contributed by atoms with E-state index in [4.69, 9.17) is 21.1 Å². The molecule has 0 saturated heterocycles. The van der Waals surface area contributed by atoms with Crippen LogP contribution in [-0.4, -0.2) is 41.1 Å². The van der Waals surface area contributed by atoms with Crippen molar-refractivity contribution >= 4 is 34.5 Å². The zero-order valence-corrected chi connectivity index (χ0v) is 15.4. The molecule has 0 radical (unpaired) electrons. The first-order valence-corrected chi connectivity index (χ1v) is 8.40. The van der Waals surface area contributed by atoms with Crippen LogP contribution in [0.25, 0.3) is 11.0 Å². The quantitative estimate of drug-likeness (QED) is 0.650. The Morgan fingerprint density at radius 1 is 1.22 bits per heavy atom. The molecule has 0 saturated carbocycles. The number of hydrogen-bond donors (Lipinski definition) is 1. The molecule has 3 aromatic rings. The lowest BCUT2D eigenvalue weighted by molar-refractivity contribution is -0.145. The van der Waals surface area contributed by atoms with Gasteiger partial charge in [-0.3, -0.25) is 4.79 Å². The number of halogens is 1. The van der Waals surface area contributed by atoms with Gasteiger partial charge in [-0.05, 0) is 29.8 Å². The Balaban J connectivity index is 1.81. The van der Waals surface area contributed by atoms with Gasteiger partial charge in [0.25, 0.3) is 0 Å². The topological polar surface area (TPSA) is 95.3 Å². The number of nitrogens with zero attached hydrogens (tertiary/aromatic N) is 3. The average Bonchev–Trinajstić information content (AvgIpc) is 3.08. The molecule has 140 valence electrons. The van der Waals surface area contributed by atoms with Crippen molar-refractivity contribution in [2.75, 3.05) is 14.2 Å². The minimum Gasteiger partial charge on any atom is -0.495 e. The summed E-state index contributed by atoms with van der Waals surface area (Å²) in [5.41, 5.74) is 1.87. The molecule has 1 atom stereocenters. The number of amides is 1. The largest absolute Gasteiger partial charge is 0.495 e. The molecule has 8 nitrogen and oxygen atoms in total. The first kappa shape index (κ1) is 18.7. The predicted molar refractivity (Wildman–Crippen MR) is 98.4 cm³/mol. The number of fused-ring (bicyclic) bond motifs is 1. The zero-order chi connectivity index (χ0) is 19.4. The molecule has 0 aliphatic heterocycles. The molecule has 3 rings (SSSR count). The summed E-state index contributed by atoms with van der Waals surface area (Å²) in [4.78, 5) is 24.7. The molecule has 0 aliphatic rings. The standard InChI is InChI=1S/C18H17ClN4O4/c1-26-15-8-7-11(9-12(15)19)17(18(25)27-2)20-16(24)10-23-14-6-4-3-5-13(14)21-22-23/h3-9,17H,10H2,1-2H3,(H,20,24). The van der Waals surface area contributed by atoms with Crippen molar-refractivity contribution in [1.82, 2.24) is 20.3 Å². The minimum atomic E-state index is -1.01. The second-order valence-electron chi connectivity index (χ2n) is 5.65. The lowest BCUT2D eigenvalue weighted by atomic mass is 10.1. The van der Waals surface area contributed by atoms with E-state index in [9.17, 15) is 9.59 Å². The Kier molecular flexibility index (Phi) is 5.56. The molecular weight excluding hydrogens is 372 g/mol. The van der Waals surface area contributed by atoms with Crippen LogP contribution >= 0.6 is 11.6 Å². The van der Waals surface area contributed by atoms with Crippen LogP contribution in [-0.2, 0) is 20.9 Å². The van der Waals surface area contributed by atoms with Gasteiger partial charge in [0.2, 0.25) is 5.91 Å². The Morgan fingerprint density at radius 3 is 2.70 bits per heavy atom.